The number of hydrogen-bond acceptors (Lipinski definition) is 6. The largest absolute Gasteiger partial charge is 0.487 e. The molecule has 0 aliphatic rings. The lowest BCUT2D eigenvalue weighted by Gasteiger charge is -2.08. The molecule has 0 saturated heterocycles. The molecule has 34 heavy (non-hydrogen) atoms. The van der Waals surface area contributed by atoms with Crippen LogP contribution < -0.4 is 10.1 Å². The third-order valence-electron chi connectivity index (χ3n) is 5.40. The summed E-state index contributed by atoms with van der Waals surface area (Å²) in [6, 6.07) is 21.5. The fourth-order valence-corrected chi connectivity index (χ4v) is 3.34. The molecule has 174 valence electrons. The Labute approximate surface area is 199 Å². The first-order valence-electron chi connectivity index (χ1n) is 11.4. The van der Waals surface area contributed by atoms with E-state index in [1.54, 1.807) is 6.20 Å². The standard InChI is InChI=1S/C27H28N4O3/c1-19(2)21-8-10-22(11-9-21)27-30-26(34-31-27)15-14-25(32)29-17-20-6-12-24(13-7-20)33-18-23-5-3-4-16-28-23/h3-13,16,19H,14-15,17-18H2,1-2H3,(H,29,32). The second-order valence-corrected chi connectivity index (χ2v) is 8.32. The molecular weight excluding hydrogens is 428 g/mol. The maximum atomic E-state index is 12.3. The number of carbonyl (C=O) groups is 1. The Morgan fingerprint density at radius 3 is 2.53 bits per heavy atom. The van der Waals surface area contributed by atoms with E-state index in [1.165, 1.54) is 5.56 Å². The van der Waals surface area contributed by atoms with Crippen molar-refractivity contribution in [2.45, 2.75) is 45.8 Å². The van der Waals surface area contributed by atoms with Crippen LogP contribution in [0.4, 0.5) is 0 Å². The number of rotatable bonds is 10. The number of aromatic nitrogens is 3. The van der Waals surface area contributed by atoms with Crippen molar-refractivity contribution < 1.29 is 14.1 Å². The lowest BCUT2D eigenvalue weighted by atomic mass is 10.0. The molecule has 0 spiro atoms. The quantitative estimate of drug-likeness (QED) is 0.358. The van der Waals surface area contributed by atoms with E-state index in [4.69, 9.17) is 9.26 Å². The number of aryl methyl sites for hydroxylation is 1. The summed E-state index contributed by atoms with van der Waals surface area (Å²) < 4.78 is 11.1. The maximum Gasteiger partial charge on any atom is 0.227 e. The van der Waals surface area contributed by atoms with Crippen molar-refractivity contribution in [2.24, 2.45) is 0 Å². The van der Waals surface area contributed by atoms with E-state index in [2.05, 4.69) is 46.4 Å². The summed E-state index contributed by atoms with van der Waals surface area (Å²) in [7, 11) is 0. The molecule has 0 aliphatic heterocycles. The molecule has 0 fully saturated rings. The molecule has 0 radical (unpaired) electrons. The van der Waals surface area contributed by atoms with E-state index in [0.29, 0.717) is 37.2 Å². The minimum absolute atomic E-state index is 0.0727. The van der Waals surface area contributed by atoms with Crippen molar-refractivity contribution >= 4 is 5.91 Å². The fourth-order valence-electron chi connectivity index (χ4n) is 3.34. The van der Waals surface area contributed by atoms with E-state index in [0.717, 1.165) is 22.6 Å². The molecule has 7 heteroatoms. The highest BCUT2D eigenvalue weighted by Crippen LogP contribution is 2.21. The maximum absolute atomic E-state index is 12.3. The van der Waals surface area contributed by atoms with Crippen molar-refractivity contribution in [3.63, 3.8) is 0 Å². The fraction of sp³-hybridized carbons (Fsp3) is 0.259. The number of nitrogens with zero attached hydrogens (tertiary/aromatic N) is 3. The third kappa shape index (κ3) is 6.51. The number of pyridine rings is 1. The summed E-state index contributed by atoms with van der Waals surface area (Å²) in [5.74, 6) is 2.14. The smallest absolute Gasteiger partial charge is 0.227 e. The molecule has 0 aliphatic carbocycles. The monoisotopic (exact) mass is 456 g/mol. The molecule has 2 aromatic carbocycles. The van der Waals surface area contributed by atoms with Gasteiger partial charge in [0.25, 0.3) is 0 Å². The van der Waals surface area contributed by atoms with Gasteiger partial charge in [-0.15, -0.1) is 0 Å². The summed E-state index contributed by atoms with van der Waals surface area (Å²) in [5, 5.41) is 6.96. The normalized spacial score (nSPS) is 10.9. The number of amides is 1. The Kier molecular flexibility index (Phi) is 7.65. The Balaban J connectivity index is 1.20. The van der Waals surface area contributed by atoms with Crippen LogP contribution in [0.15, 0.2) is 77.4 Å². The third-order valence-corrected chi connectivity index (χ3v) is 5.40. The van der Waals surface area contributed by atoms with Crippen molar-refractivity contribution in [1.29, 1.82) is 0 Å². The first kappa shape index (κ1) is 23.2. The molecule has 0 unspecified atom stereocenters. The SMILES string of the molecule is CC(C)c1ccc(-c2noc(CCC(=O)NCc3ccc(OCc4ccccn4)cc3)n2)cc1. The highest BCUT2D eigenvalue weighted by Gasteiger charge is 2.11. The zero-order valence-corrected chi connectivity index (χ0v) is 19.4. The highest BCUT2D eigenvalue weighted by atomic mass is 16.5. The zero-order valence-electron chi connectivity index (χ0n) is 19.4. The summed E-state index contributed by atoms with van der Waals surface area (Å²) >= 11 is 0. The van der Waals surface area contributed by atoms with Gasteiger partial charge in [0, 0.05) is 31.1 Å². The predicted molar refractivity (Wildman–Crippen MR) is 129 cm³/mol. The topological polar surface area (TPSA) is 90.1 Å². The molecule has 1 amide bonds. The zero-order chi connectivity index (χ0) is 23.8. The van der Waals surface area contributed by atoms with Gasteiger partial charge in [0.05, 0.1) is 5.69 Å². The Morgan fingerprint density at radius 2 is 1.82 bits per heavy atom. The van der Waals surface area contributed by atoms with E-state index >= 15 is 0 Å². The number of hydrogen-bond donors (Lipinski definition) is 1. The Morgan fingerprint density at radius 1 is 1.03 bits per heavy atom. The van der Waals surface area contributed by atoms with Gasteiger partial charge in [-0.3, -0.25) is 9.78 Å². The lowest BCUT2D eigenvalue weighted by molar-refractivity contribution is -0.121. The van der Waals surface area contributed by atoms with Gasteiger partial charge in [0.1, 0.15) is 12.4 Å². The molecule has 0 bridgehead atoms. The van der Waals surface area contributed by atoms with Crippen LogP contribution in [0.25, 0.3) is 11.4 Å². The molecule has 0 atom stereocenters. The molecule has 2 heterocycles. The van der Waals surface area contributed by atoms with E-state index < -0.39 is 0 Å². The number of ether oxygens (including phenoxy) is 1. The van der Waals surface area contributed by atoms with Gasteiger partial charge in [-0.1, -0.05) is 61.5 Å². The van der Waals surface area contributed by atoms with Gasteiger partial charge in [0.2, 0.25) is 17.6 Å². The first-order valence-corrected chi connectivity index (χ1v) is 11.4. The van der Waals surface area contributed by atoms with Crippen LogP contribution >= 0.6 is 0 Å². The predicted octanol–water partition coefficient (Wildman–Crippen LogP) is 5.08. The van der Waals surface area contributed by atoms with Gasteiger partial charge < -0.3 is 14.6 Å². The molecule has 4 rings (SSSR count). The summed E-state index contributed by atoms with van der Waals surface area (Å²) in [6.07, 6.45) is 2.41. The number of nitrogens with one attached hydrogen (secondary N) is 1. The summed E-state index contributed by atoms with van der Waals surface area (Å²) in [5.41, 5.74) is 4.02. The van der Waals surface area contributed by atoms with E-state index in [9.17, 15) is 4.79 Å². The van der Waals surface area contributed by atoms with Crippen molar-refractivity contribution in [2.75, 3.05) is 0 Å². The van der Waals surface area contributed by atoms with Gasteiger partial charge in [-0.2, -0.15) is 4.98 Å². The van der Waals surface area contributed by atoms with Crippen LogP contribution in [-0.4, -0.2) is 21.0 Å². The molecule has 1 N–H and O–H groups in total. The van der Waals surface area contributed by atoms with Crippen molar-refractivity contribution in [3.8, 4) is 17.1 Å². The average Bonchev–Trinajstić information content (AvgIpc) is 3.35. The second-order valence-electron chi connectivity index (χ2n) is 8.32. The van der Waals surface area contributed by atoms with Crippen LogP contribution in [-0.2, 0) is 24.4 Å². The van der Waals surface area contributed by atoms with Crippen molar-refractivity contribution in [3.05, 3.63) is 95.6 Å². The van der Waals surface area contributed by atoms with Gasteiger partial charge in [-0.05, 0) is 41.3 Å². The number of benzene rings is 2. The average molecular weight is 457 g/mol. The summed E-state index contributed by atoms with van der Waals surface area (Å²) in [6.45, 7) is 5.16. The van der Waals surface area contributed by atoms with Gasteiger partial charge >= 0.3 is 0 Å². The Bertz CT molecular complexity index is 1190. The minimum Gasteiger partial charge on any atom is -0.487 e. The van der Waals surface area contributed by atoms with E-state index in [-0.39, 0.29) is 12.3 Å². The van der Waals surface area contributed by atoms with Crippen LogP contribution in [0.2, 0.25) is 0 Å². The van der Waals surface area contributed by atoms with Crippen LogP contribution in [0, 0.1) is 0 Å². The van der Waals surface area contributed by atoms with Crippen molar-refractivity contribution in [1.82, 2.24) is 20.4 Å². The number of carbonyl (C=O) groups excluding carboxylic acids is 1. The highest BCUT2D eigenvalue weighted by molar-refractivity contribution is 5.76. The van der Waals surface area contributed by atoms with Gasteiger partial charge in [0.15, 0.2) is 0 Å². The molecule has 7 nitrogen and oxygen atoms in total. The van der Waals surface area contributed by atoms with Crippen LogP contribution in [0.1, 0.15) is 48.9 Å². The van der Waals surface area contributed by atoms with Gasteiger partial charge in [-0.25, -0.2) is 0 Å². The second kappa shape index (κ2) is 11.2. The molecule has 4 aromatic rings. The van der Waals surface area contributed by atoms with E-state index in [1.807, 2.05) is 54.6 Å². The molecule has 0 saturated carbocycles. The Hall–Kier alpha value is -4.00. The molecular formula is C27H28N4O3. The molecule has 2 aromatic heterocycles. The first-order chi connectivity index (χ1) is 16.6. The van der Waals surface area contributed by atoms with Crippen LogP contribution in [0.3, 0.4) is 0 Å². The summed E-state index contributed by atoms with van der Waals surface area (Å²) in [4.78, 5) is 20.9. The van der Waals surface area contributed by atoms with Crippen LogP contribution in [0.5, 0.6) is 5.75 Å². The minimum atomic E-state index is -0.0727. The lowest BCUT2D eigenvalue weighted by Crippen LogP contribution is -2.23.